The maximum atomic E-state index is 6.04. The largest absolute Gasteiger partial charge is 0.378 e. The van der Waals surface area contributed by atoms with Gasteiger partial charge in [0, 0.05) is 36.3 Å². The average Bonchev–Trinajstić information content (AvgIpc) is 2.84. The molecule has 32 heavy (non-hydrogen) atoms. The molecule has 0 unspecified atom stereocenters. The van der Waals surface area contributed by atoms with E-state index >= 15 is 0 Å². The Bertz CT molecular complexity index is 886. The number of thioether (sulfide) groups is 1. The molecule has 0 amide bonds. The van der Waals surface area contributed by atoms with Crippen LogP contribution >= 0.6 is 24.0 Å². The lowest BCUT2D eigenvalue weighted by Gasteiger charge is -2.41. The first-order valence-corrected chi connectivity index (χ1v) is 13.0. The number of nitrogens with zero attached hydrogens (tertiary/aromatic N) is 3. The van der Waals surface area contributed by atoms with Crippen LogP contribution in [0.1, 0.15) is 37.7 Å². The van der Waals surface area contributed by atoms with Gasteiger partial charge in [-0.1, -0.05) is 48.5 Å². The van der Waals surface area contributed by atoms with Crippen LogP contribution in [0.2, 0.25) is 0 Å². The van der Waals surface area contributed by atoms with E-state index in [-0.39, 0.29) is 0 Å². The number of anilines is 2. The summed E-state index contributed by atoms with van der Waals surface area (Å²) in [6, 6.07) is 19.5. The summed E-state index contributed by atoms with van der Waals surface area (Å²) in [5, 5.41) is 4.04. The van der Waals surface area contributed by atoms with E-state index in [1.807, 2.05) is 18.2 Å². The summed E-state index contributed by atoms with van der Waals surface area (Å²) in [6.07, 6.45) is 6.68. The molecule has 0 saturated carbocycles. The number of aliphatic imine (C=N–C) groups is 1. The van der Waals surface area contributed by atoms with E-state index < -0.39 is 0 Å². The second-order valence-electron chi connectivity index (χ2n) is 8.52. The molecule has 4 rings (SSSR count). The van der Waals surface area contributed by atoms with Crippen LogP contribution in [0.15, 0.2) is 59.6 Å². The normalized spacial score (nSPS) is 18.5. The predicted molar refractivity (Wildman–Crippen MR) is 143 cm³/mol. The van der Waals surface area contributed by atoms with E-state index in [0.717, 1.165) is 30.6 Å². The number of benzene rings is 2. The van der Waals surface area contributed by atoms with Gasteiger partial charge in [0.15, 0.2) is 10.3 Å². The molecule has 2 aliphatic rings. The fourth-order valence-corrected chi connectivity index (χ4v) is 5.48. The van der Waals surface area contributed by atoms with Gasteiger partial charge in [-0.3, -0.25) is 0 Å². The minimum absolute atomic E-state index is 0.387. The third-order valence-electron chi connectivity index (χ3n) is 6.30. The molecule has 7 heteroatoms. The van der Waals surface area contributed by atoms with Crippen LogP contribution in [0, 0.1) is 0 Å². The summed E-state index contributed by atoms with van der Waals surface area (Å²) in [5.41, 5.74) is 9.47. The fourth-order valence-electron chi connectivity index (χ4n) is 4.54. The van der Waals surface area contributed by atoms with Crippen LogP contribution < -0.4 is 16.0 Å². The molecule has 0 atom stereocenters. The van der Waals surface area contributed by atoms with E-state index in [4.69, 9.17) is 18.0 Å². The van der Waals surface area contributed by atoms with Crippen LogP contribution in [0.3, 0.4) is 0 Å². The van der Waals surface area contributed by atoms with Gasteiger partial charge in [-0.05, 0) is 80.8 Å². The van der Waals surface area contributed by atoms with Crippen LogP contribution in [0.25, 0.3) is 0 Å². The minimum Gasteiger partial charge on any atom is -0.378 e. The van der Waals surface area contributed by atoms with Crippen molar-refractivity contribution in [3.8, 4) is 0 Å². The zero-order chi connectivity index (χ0) is 22.2. The van der Waals surface area contributed by atoms with Crippen molar-refractivity contribution in [1.29, 1.82) is 0 Å². The lowest BCUT2D eigenvalue weighted by atomic mass is 9.99. The zero-order valence-corrected chi connectivity index (χ0v) is 20.2. The number of hydrogen-bond donors (Lipinski definition) is 2. The maximum absolute atomic E-state index is 6.04. The van der Waals surface area contributed by atoms with Gasteiger partial charge in [0.2, 0.25) is 0 Å². The number of thiocarbonyl (C=S) groups is 1. The first-order chi connectivity index (χ1) is 15.7. The monoisotopic (exact) mass is 467 g/mol. The molecule has 3 N–H and O–H groups in total. The summed E-state index contributed by atoms with van der Waals surface area (Å²) in [7, 11) is 0. The second kappa shape index (κ2) is 11.7. The van der Waals surface area contributed by atoms with Gasteiger partial charge in [0.1, 0.15) is 0 Å². The minimum atomic E-state index is 0.387. The van der Waals surface area contributed by atoms with Gasteiger partial charge in [-0.15, -0.1) is 0 Å². The molecular weight excluding hydrogens is 434 g/mol. The molecule has 0 aliphatic carbocycles. The molecule has 2 fully saturated rings. The number of amidine groups is 1. The molecule has 2 aliphatic heterocycles. The van der Waals surface area contributed by atoms with E-state index in [1.54, 1.807) is 0 Å². The van der Waals surface area contributed by atoms with E-state index in [1.165, 1.54) is 68.2 Å². The van der Waals surface area contributed by atoms with Crippen LogP contribution in [0.5, 0.6) is 0 Å². The zero-order valence-electron chi connectivity index (χ0n) is 18.6. The number of likely N-dealkylation sites (tertiary alicyclic amines) is 1. The van der Waals surface area contributed by atoms with Crippen molar-refractivity contribution in [3.63, 3.8) is 0 Å². The molecule has 0 aromatic heterocycles. The van der Waals surface area contributed by atoms with Crippen molar-refractivity contribution < 1.29 is 0 Å². The lowest BCUT2D eigenvalue weighted by molar-refractivity contribution is 0.141. The Morgan fingerprint density at radius 2 is 1.66 bits per heavy atom. The number of nitrogens with two attached hydrogens (primary N) is 1. The SMILES string of the molecule is N/C(=N\C(=S)Nc1ccc(N2CCC(N3CCCCC3)CC2)cc1)SCc1ccccc1. The number of piperidine rings is 2. The molecule has 5 nitrogen and oxygen atoms in total. The average molecular weight is 468 g/mol. The third kappa shape index (κ3) is 6.70. The molecule has 2 saturated heterocycles. The highest BCUT2D eigenvalue weighted by Crippen LogP contribution is 2.26. The third-order valence-corrected chi connectivity index (χ3v) is 7.35. The van der Waals surface area contributed by atoms with Crippen molar-refractivity contribution >= 4 is 45.6 Å². The summed E-state index contributed by atoms with van der Waals surface area (Å²) in [4.78, 5) is 9.54. The van der Waals surface area contributed by atoms with Crippen molar-refractivity contribution in [2.45, 2.75) is 43.9 Å². The Morgan fingerprint density at radius 1 is 0.969 bits per heavy atom. The van der Waals surface area contributed by atoms with E-state index in [0.29, 0.717) is 10.3 Å². The van der Waals surface area contributed by atoms with Crippen molar-refractivity contribution in [3.05, 3.63) is 60.2 Å². The molecule has 2 aromatic rings. The molecule has 2 aromatic carbocycles. The Labute approximate surface area is 201 Å². The first-order valence-electron chi connectivity index (χ1n) is 11.6. The first kappa shape index (κ1) is 23.1. The number of hydrogen-bond acceptors (Lipinski definition) is 4. The number of rotatable bonds is 5. The molecule has 170 valence electrons. The second-order valence-corrected chi connectivity index (χ2v) is 9.90. The van der Waals surface area contributed by atoms with Gasteiger partial charge in [0.25, 0.3) is 0 Å². The summed E-state index contributed by atoms with van der Waals surface area (Å²) < 4.78 is 0. The van der Waals surface area contributed by atoms with Crippen LogP contribution in [-0.4, -0.2) is 47.4 Å². The van der Waals surface area contributed by atoms with Gasteiger partial charge < -0.3 is 20.9 Å². The molecule has 2 heterocycles. The fraction of sp³-hybridized carbons (Fsp3) is 0.440. The molecule has 0 bridgehead atoms. The highest BCUT2D eigenvalue weighted by Gasteiger charge is 2.25. The van der Waals surface area contributed by atoms with Gasteiger partial charge in [-0.25, -0.2) is 0 Å². The van der Waals surface area contributed by atoms with Gasteiger partial charge in [0.05, 0.1) is 0 Å². The molecule has 0 radical (unpaired) electrons. The summed E-state index contributed by atoms with van der Waals surface area (Å²) >= 11 is 6.86. The van der Waals surface area contributed by atoms with Gasteiger partial charge >= 0.3 is 0 Å². The topological polar surface area (TPSA) is 56.9 Å². The Balaban J connectivity index is 1.23. The van der Waals surface area contributed by atoms with Crippen molar-refractivity contribution in [2.24, 2.45) is 10.7 Å². The van der Waals surface area contributed by atoms with Crippen molar-refractivity contribution in [1.82, 2.24) is 4.90 Å². The summed E-state index contributed by atoms with van der Waals surface area (Å²) in [6.45, 7) is 4.85. The van der Waals surface area contributed by atoms with Crippen molar-refractivity contribution in [2.75, 3.05) is 36.4 Å². The van der Waals surface area contributed by atoms with Crippen LogP contribution in [0.4, 0.5) is 11.4 Å². The molecule has 0 spiro atoms. The highest BCUT2D eigenvalue weighted by molar-refractivity contribution is 8.13. The smallest absolute Gasteiger partial charge is 0.199 e. The Kier molecular flexibility index (Phi) is 8.42. The predicted octanol–water partition coefficient (Wildman–Crippen LogP) is 5.09. The maximum Gasteiger partial charge on any atom is 0.199 e. The molecular formula is C25H33N5S2. The van der Waals surface area contributed by atoms with E-state index in [2.05, 4.69) is 56.5 Å². The highest BCUT2D eigenvalue weighted by atomic mass is 32.2. The number of nitrogens with one attached hydrogen (secondary N) is 1. The summed E-state index contributed by atoms with van der Waals surface area (Å²) in [5.74, 6) is 0.780. The van der Waals surface area contributed by atoms with Gasteiger partial charge in [-0.2, -0.15) is 4.99 Å². The Hall–Kier alpha value is -2.09. The standard InChI is InChI=1S/C25H33N5S2/c26-24(32-19-20-7-3-1-4-8-20)28-25(31)27-21-9-11-22(12-10-21)30-17-13-23(14-18-30)29-15-5-2-6-16-29/h1,3-4,7-12,23H,2,5-6,13-19H2,(H3,26,27,28,31). The lowest BCUT2D eigenvalue weighted by Crippen LogP contribution is -2.46. The van der Waals surface area contributed by atoms with Crippen LogP contribution in [-0.2, 0) is 5.75 Å². The Morgan fingerprint density at radius 3 is 2.34 bits per heavy atom. The quantitative estimate of drug-likeness (QED) is 0.363. The van der Waals surface area contributed by atoms with E-state index in [9.17, 15) is 0 Å².